The molecule has 0 aliphatic carbocycles. The fraction of sp³-hybridized carbons (Fsp3) is 1.00. The second kappa shape index (κ2) is 3.01. The third kappa shape index (κ3) is 4.94. The molecule has 1 unspecified atom stereocenters. The molecule has 0 amide bonds. The fourth-order valence-electron chi connectivity index (χ4n) is 0.373. The molecule has 0 saturated carbocycles. The fourth-order valence-corrected chi connectivity index (χ4v) is 1.12. The molecule has 0 aliphatic rings. The first-order valence-corrected chi connectivity index (χ1v) is 4.30. The normalized spacial score (nSPS) is 18.5. The van der Waals surface area contributed by atoms with Gasteiger partial charge in [0.05, 0.1) is 5.60 Å². The molecule has 0 aliphatic heterocycles. The molecule has 0 spiro atoms. The molecule has 0 aromatic carbocycles. The first kappa shape index (κ1) is 10.1. The monoisotopic (exact) mass is 167 g/mol. The van der Waals surface area contributed by atoms with Gasteiger partial charge in [-0.2, -0.15) is 0 Å². The number of phosphoric acid groups is 1. The molecular weight excluding hydrogens is 155 g/mol. The van der Waals surface area contributed by atoms with E-state index in [1.54, 1.807) is 20.8 Å². The number of rotatable bonds is 2. The smallest absolute Gasteiger partial charge is 0.268 e. The maximum absolute atomic E-state index is 10.6. The van der Waals surface area contributed by atoms with E-state index in [9.17, 15) is 9.46 Å². The van der Waals surface area contributed by atoms with Crippen LogP contribution in [0, 0.1) is 0 Å². The minimum Gasteiger partial charge on any atom is -0.756 e. The van der Waals surface area contributed by atoms with Crippen molar-refractivity contribution >= 4 is 7.82 Å². The lowest BCUT2D eigenvalue weighted by Gasteiger charge is -2.29. The molecule has 5 heteroatoms. The highest BCUT2D eigenvalue weighted by molar-refractivity contribution is 7.45. The van der Waals surface area contributed by atoms with Gasteiger partial charge in [0.2, 0.25) is 0 Å². The average Bonchev–Trinajstić information content (AvgIpc) is 1.60. The summed E-state index contributed by atoms with van der Waals surface area (Å²) in [5.74, 6) is 0. The van der Waals surface area contributed by atoms with Crippen LogP contribution in [0.3, 0.4) is 0 Å². The van der Waals surface area contributed by atoms with Gasteiger partial charge in [0.15, 0.2) is 0 Å². The van der Waals surface area contributed by atoms with Crippen molar-refractivity contribution in [2.75, 3.05) is 7.11 Å². The summed E-state index contributed by atoms with van der Waals surface area (Å²) in [6.07, 6.45) is 0. The molecule has 0 bridgehead atoms. The number of hydrogen-bond acceptors (Lipinski definition) is 4. The Morgan fingerprint density at radius 1 is 1.40 bits per heavy atom. The van der Waals surface area contributed by atoms with Crippen molar-refractivity contribution < 1.29 is 18.5 Å². The van der Waals surface area contributed by atoms with Crippen molar-refractivity contribution in [1.29, 1.82) is 0 Å². The van der Waals surface area contributed by atoms with E-state index in [-0.39, 0.29) is 0 Å². The van der Waals surface area contributed by atoms with E-state index in [1.165, 1.54) is 0 Å². The highest BCUT2D eigenvalue weighted by Gasteiger charge is 2.18. The molecule has 0 aromatic rings. The number of hydrogen-bond donors (Lipinski definition) is 0. The van der Waals surface area contributed by atoms with Gasteiger partial charge in [-0.1, -0.05) is 0 Å². The van der Waals surface area contributed by atoms with Gasteiger partial charge in [-0.3, -0.25) is 4.57 Å². The summed E-state index contributed by atoms with van der Waals surface area (Å²) >= 11 is 0. The van der Waals surface area contributed by atoms with Crippen LogP contribution in [0.25, 0.3) is 0 Å². The summed E-state index contributed by atoms with van der Waals surface area (Å²) in [6, 6.07) is 0. The van der Waals surface area contributed by atoms with E-state index >= 15 is 0 Å². The van der Waals surface area contributed by atoms with Crippen LogP contribution in [0.5, 0.6) is 0 Å². The number of phosphoric ester groups is 1. The third-order valence-corrected chi connectivity index (χ3v) is 1.83. The van der Waals surface area contributed by atoms with Gasteiger partial charge in [-0.25, -0.2) is 0 Å². The molecule has 0 fully saturated rings. The summed E-state index contributed by atoms with van der Waals surface area (Å²) in [5, 5.41) is 0. The van der Waals surface area contributed by atoms with E-state index < -0.39 is 13.4 Å². The molecule has 0 aromatic heterocycles. The van der Waals surface area contributed by atoms with Crippen LogP contribution in [-0.4, -0.2) is 12.7 Å². The van der Waals surface area contributed by atoms with Crippen LogP contribution in [0.15, 0.2) is 0 Å². The lowest BCUT2D eigenvalue weighted by atomic mass is 10.2. The quantitative estimate of drug-likeness (QED) is 0.573. The minimum atomic E-state index is -4.04. The molecule has 0 radical (unpaired) electrons. The maximum Gasteiger partial charge on any atom is 0.268 e. The van der Waals surface area contributed by atoms with Gasteiger partial charge >= 0.3 is 0 Å². The molecule has 4 nitrogen and oxygen atoms in total. The van der Waals surface area contributed by atoms with Crippen molar-refractivity contribution in [2.45, 2.75) is 26.4 Å². The Labute approximate surface area is 60.8 Å². The lowest BCUT2D eigenvalue weighted by Crippen LogP contribution is -2.21. The van der Waals surface area contributed by atoms with Crippen molar-refractivity contribution in [2.24, 2.45) is 0 Å². The average molecular weight is 167 g/mol. The molecule has 62 valence electrons. The lowest BCUT2D eigenvalue weighted by molar-refractivity contribution is -0.231. The van der Waals surface area contributed by atoms with E-state index in [1.807, 2.05) is 0 Å². The zero-order valence-corrected chi connectivity index (χ0v) is 7.47. The first-order chi connectivity index (χ1) is 4.27. The summed E-state index contributed by atoms with van der Waals surface area (Å²) in [7, 11) is -2.98. The highest BCUT2D eigenvalue weighted by atomic mass is 31.2. The summed E-state index contributed by atoms with van der Waals surface area (Å²) in [6.45, 7) is 4.91. The second-order valence-corrected chi connectivity index (χ2v) is 4.28. The van der Waals surface area contributed by atoms with E-state index in [0.29, 0.717) is 0 Å². The van der Waals surface area contributed by atoms with Crippen LogP contribution < -0.4 is 4.89 Å². The van der Waals surface area contributed by atoms with Crippen LogP contribution in [0.2, 0.25) is 0 Å². The SMILES string of the molecule is COP(=O)([O-])OC(C)(C)C. The maximum atomic E-state index is 10.6. The Morgan fingerprint density at radius 3 is 1.90 bits per heavy atom. The van der Waals surface area contributed by atoms with Gasteiger partial charge in [-0.15, -0.1) is 0 Å². The van der Waals surface area contributed by atoms with Gasteiger partial charge in [0.25, 0.3) is 7.82 Å². The topological polar surface area (TPSA) is 58.6 Å². The zero-order valence-electron chi connectivity index (χ0n) is 6.58. The zero-order chi connectivity index (χ0) is 8.41. The molecule has 0 N–H and O–H groups in total. The Morgan fingerprint density at radius 2 is 1.80 bits per heavy atom. The first-order valence-electron chi connectivity index (χ1n) is 2.84. The predicted molar refractivity (Wildman–Crippen MR) is 35.5 cm³/mol. The molecule has 0 heterocycles. The Balaban J connectivity index is 4.03. The second-order valence-electron chi connectivity index (χ2n) is 2.83. The van der Waals surface area contributed by atoms with Gasteiger partial charge < -0.3 is 13.9 Å². The third-order valence-electron chi connectivity index (χ3n) is 0.609. The van der Waals surface area contributed by atoms with Gasteiger partial charge in [-0.05, 0) is 20.8 Å². The van der Waals surface area contributed by atoms with Crippen molar-refractivity contribution in [3.8, 4) is 0 Å². The minimum absolute atomic E-state index is 0.715. The molecule has 1 atom stereocenters. The summed E-state index contributed by atoms with van der Waals surface area (Å²) in [4.78, 5) is 10.6. The van der Waals surface area contributed by atoms with Crippen LogP contribution >= 0.6 is 7.82 Å². The van der Waals surface area contributed by atoms with Gasteiger partial charge in [0, 0.05) is 7.11 Å². The Kier molecular flexibility index (Phi) is 3.04. The molecule has 0 rings (SSSR count). The van der Waals surface area contributed by atoms with Crippen LogP contribution in [-0.2, 0) is 13.6 Å². The summed E-state index contributed by atoms with van der Waals surface area (Å²) in [5.41, 5.74) is -0.715. The van der Waals surface area contributed by atoms with Gasteiger partial charge in [0.1, 0.15) is 0 Å². The Hall–Kier alpha value is 0.110. The standard InChI is InChI=1S/C5H13O4P/c1-5(2,3)9-10(6,7)8-4/h1-4H3,(H,6,7)/p-1. The summed E-state index contributed by atoms with van der Waals surface area (Å²) < 4.78 is 19.2. The van der Waals surface area contributed by atoms with E-state index in [0.717, 1.165) is 7.11 Å². The van der Waals surface area contributed by atoms with Crippen molar-refractivity contribution in [3.63, 3.8) is 0 Å². The molecular formula is C5H12O4P-. The molecule has 0 saturated heterocycles. The Bertz CT molecular complexity index is 148. The van der Waals surface area contributed by atoms with E-state index in [2.05, 4.69) is 9.05 Å². The largest absolute Gasteiger partial charge is 0.756 e. The highest BCUT2D eigenvalue weighted by Crippen LogP contribution is 2.41. The van der Waals surface area contributed by atoms with Crippen molar-refractivity contribution in [3.05, 3.63) is 0 Å². The molecule has 10 heavy (non-hydrogen) atoms. The van der Waals surface area contributed by atoms with Crippen molar-refractivity contribution in [1.82, 2.24) is 0 Å². The van der Waals surface area contributed by atoms with Crippen LogP contribution in [0.1, 0.15) is 20.8 Å². The van der Waals surface area contributed by atoms with E-state index in [4.69, 9.17) is 0 Å². The predicted octanol–water partition coefficient (Wildman–Crippen LogP) is 0.916. The van der Waals surface area contributed by atoms with Crippen LogP contribution in [0.4, 0.5) is 0 Å².